The van der Waals surface area contributed by atoms with Gasteiger partial charge in [0, 0.05) is 12.7 Å². The highest BCUT2D eigenvalue weighted by Crippen LogP contribution is 2.13. The molecule has 1 heterocycles. The fourth-order valence-electron chi connectivity index (χ4n) is 1.42. The minimum atomic E-state index is 0.273. The molecule has 1 rings (SSSR count). The van der Waals surface area contributed by atoms with E-state index in [1.807, 2.05) is 12.1 Å². The van der Waals surface area contributed by atoms with Crippen LogP contribution in [0.15, 0.2) is 36.0 Å². The van der Waals surface area contributed by atoms with E-state index < -0.39 is 0 Å². The molecule has 5 nitrogen and oxygen atoms in total. The van der Waals surface area contributed by atoms with Crippen LogP contribution in [0.1, 0.15) is 12.1 Å². The van der Waals surface area contributed by atoms with Crippen LogP contribution in [0, 0.1) is 0 Å². The number of nitrogens with two attached hydrogens (primary N) is 1. The molecular weight excluding hydrogens is 294 g/mol. The number of guanidine groups is 1. The Labute approximate surface area is 129 Å². The van der Waals surface area contributed by atoms with Gasteiger partial charge in [0.2, 0.25) is 0 Å². The molecule has 20 heavy (non-hydrogen) atoms. The summed E-state index contributed by atoms with van der Waals surface area (Å²) >= 11 is 11.1. The van der Waals surface area contributed by atoms with Crippen molar-refractivity contribution >= 4 is 34.9 Å². The Morgan fingerprint density at radius 1 is 1.60 bits per heavy atom. The van der Waals surface area contributed by atoms with E-state index in [1.54, 1.807) is 12.3 Å². The first-order chi connectivity index (χ1) is 9.63. The zero-order chi connectivity index (χ0) is 14.8. The summed E-state index contributed by atoms with van der Waals surface area (Å²) in [6.07, 6.45) is 5.04. The standard InChI is InChI=1S/C13H18ClN5S/c1-2-7-17-12(15)19-13(20)18-9-4-6-11-10(14)5-3-8-16-11/h2-3,5,8H,1,4,6-7,9H2,(H4,15,17,18,19,20). The van der Waals surface area contributed by atoms with Gasteiger partial charge in [-0.1, -0.05) is 17.7 Å². The van der Waals surface area contributed by atoms with E-state index in [-0.39, 0.29) is 5.96 Å². The maximum Gasteiger partial charge on any atom is 0.195 e. The molecule has 0 fully saturated rings. The third-order valence-corrected chi connectivity index (χ3v) is 2.93. The fraction of sp³-hybridized carbons (Fsp3) is 0.308. The number of hydrogen-bond donors (Lipinski definition) is 3. The van der Waals surface area contributed by atoms with Gasteiger partial charge in [0.15, 0.2) is 11.1 Å². The van der Waals surface area contributed by atoms with Crippen LogP contribution in [0.3, 0.4) is 0 Å². The van der Waals surface area contributed by atoms with Crippen molar-refractivity contribution in [2.45, 2.75) is 12.8 Å². The van der Waals surface area contributed by atoms with E-state index in [9.17, 15) is 0 Å². The summed E-state index contributed by atoms with van der Waals surface area (Å²) in [6, 6.07) is 3.65. The summed E-state index contributed by atoms with van der Waals surface area (Å²) in [5, 5.41) is 6.96. The normalized spacial score (nSPS) is 10.9. The van der Waals surface area contributed by atoms with Crippen molar-refractivity contribution in [3.8, 4) is 0 Å². The molecule has 0 aliphatic rings. The van der Waals surface area contributed by atoms with Gasteiger partial charge in [0.05, 0.1) is 17.3 Å². The van der Waals surface area contributed by atoms with Crippen LogP contribution in [-0.2, 0) is 6.42 Å². The van der Waals surface area contributed by atoms with Gasteiger partial charge < -0.3 is 16.4 Å². The van der Waals surface area contributed by atoms with Gasteiger partial charge in [-0.05, 0) is 37.2 Å². The number of nitrogens with one attached hydrogen (secondary N) is 2. The Kier molecular flexibility index (Phi) is 7.60. The summed E-state index contributed by atoms with van der Waals surface area (Å²) in [5.74, 6) is 0.273. The zero-order valence-corrected chi connectivity index (χ0v) is 12.7. The van der Waals surface area contributed by atoms with Gasteiger partial charge >= 0.3 is 0 Å². The maximum absolute atomic E-state index is 6.02. The minimum Gasteiger partial charge on any atom is -0.370 e. The summed E-state index contributed by atoms with van der Waals surface area (Å²) < 4.78 is 0. The van der Waals surface area contributed by atoms with Crippen molar-refractivity contribution in [3.63, 3.8) is 0 Å². The lowest BCUT2D eigenvalue weighted by molar-refractivity contribution is 0.757. The Balaban J connectivity index is 2.22. The van der Waals surface area contributed by atoms with Crippen LogP contribution in [0.4, 0.5) is 0 Å². The predicted octanol–water partition coefficient (Wildman–Crippen LogP) is 1.63. The topological polar surface area (TPSA) is 75.3 Å². The molecule has 0 spiro atoms. The van der Waals surface area contributed by atoms with E-state index in [2.05, 4.69) is 27.2 Å². The summed E-state index contributed by atoms with van der Waals surface area (Å²) in [5.41, 5.74) is 6.50. The van der Waals surface area contributed by atoms with E-state index >= 15 is 0 Å². The Hall–Kier alpha value is -1.66. The lowest BCUT2D eigenvalue weighted by Gasteiger charge is -2.09. The van der Waals surface area contributed by atoms with Crippen LogP contribution in [-0.4, -0.2) is 29.1 Å². The van der Waals surface area contributed by atoms with Crippen molar-refractivity contribution < 1.29 is 0 Å². The van der Waals surface area contributed by atoms with Crippen LogP contribution in [0.25, 0.3) is 0 Å². The van der Waals surface area contributed by atoms with Gasteiger partial charge in [-0.3, -0.25) is 4.98 Å². The molecular formula is C13H18ClN5S. The van der Waals surface area contributed by atoms with Crippen LogP contribution in [0.5, 0.6) is 0 Å². The van der Waals surface area contributed by atoms with Crippen LogP contribution < -0.4 is 16.4 Å². The number of pyridine rings is 1. The van der Waals surface area contributed by atoms with Gasteiger partial charge in [-0.15, -0.1) is 6.58 Å². The number of aryl methyl sites for hydroxylation is 1. The minimum absolute atomic E-state index is 0.273. The first kappa shape index (κ1) is 16.4. The molecule has 1 aromatic heterocycles. The molecule has 0 bridgehead atoms. The van der Waals surface area contributed by atoms with E-state index in [1.165, 1.54) is 0 Å². The number of halogens is 1. The van der Waals surface area contributed by atoms with Gasteiger partial charge in [-0.2, -0.15) is 0 Å². The molecule has 0 atom stereocenters. The molecule has 108 valence electrons. The molecule has 0 saturated carbocycles. The van der Waals surface area contributed by atoms with E-state index in [4.69, 9.17) is 29.6 Å². The van der Waals surface area contributed by atoms with Crippen molar-refractivity contribution in [2.24, 2.45) is 10.7 Å². The van der Waals surface area contributed by atoms with Crippen LogP contribution in [0.2, 0.25) is 5.02 Å². The summed E-state index contributed by atoms with van der Waals surface area (Å²) in [7, 11) is 0. The molecule has 0 saturated heterocycles. The molecule has 0 aliphatic heterocycles. The van der Waals surface area contributed by atoms with Crippen molar-refractivity contribution in [2.75, 3.05) is 13.1 Å². The smallest absolute Gasteiger partial charge is 0.195 e. The van der Waals surface area contributed by atoms with Gasteiger partial charge in [0.25, 0.3) is 0 Å². The number of aliphatic imine (C=N–C) groups is 1. The number of rotatable bonds is 6. The highest BCUT2D eigenvalue weighted by Gasteiger charge is 2.01. The third-order valence-electron chi connectivity index (χ3n) is 2.34. The fourth-order valence-corrected chi connectivity index (χ4v) is 1.85. The highest BCUT2D eigenvalue weighted by atomic mass is 35.5. The average molecular weight is 312 g/mol. The first-order valence-corrected chi connectivity index (χ1v) is 6.97. The Morgan fingerprint density at radius 3 is 3.10 bits per heavy atom. The van der Waals surface area contributed by atoms with Gasteiger partial charge in [0.1, 0.15) is 0 Å². The maximum atomic E-state index is 6.02. The third kappa shape index (κ3) is 6.49. The second-order valence-electron chi connectivity index (χ2n) is 3.93. The van der Waals surface area contributed by atoms with Crippen molar-refractivity contribution in [1.29, 1.82) is 0 Å². The average Bonchev–Trinajstić information content (AvgIpc) is 2.43. The second kappa shape index (κ2) is 9.28. The summed E-state index contributed by atoms with van der Waals surface area (Å²) in [4.78, 5) is 8.20. The lowest BCUT2D eigenvalue weighted by Crippen LogP contribution is -2.43. The van der Waals surface area contributed by atoms with Crippen LogP contribution >= 0.6 is 23.8 Å². The molecule has 7 heteroatoms. The number of aromatic nitrogens is 1. The molecule has 0 aliphatic carbocycles. The molecule has 0 aromatic carbocycles. The van der Waals surface area contributed by atoms with Crippen molar-refractivity contribution in [1.82, 2.24) is 15.6 Å². The first-order valence-electron chi connectivity index (χ1n) is 6.18. The molecule has 1 aromatic rings. The van der Waals surface area contributed by atoms with E-state index in [0.29, 0.717) is 23.2 Å². The number of thiocarbonyl (C=S) groups is 1. The monoisotopic (exact) mass is 311 g/mol. The quantitative estimate of drug-likeness (QED) is 0.245. The highest BCUT2D eigenvalue weighted by molar-refractivity contribution is 7.80. The number of nitrogens with zero attached hydrogens (tertiary/aromatic N) is 2. The molecule has 0 unspecified atom stereocenters. The predicted molar refractivity (Wildman–Crippen MR) is 88.0 cm³/mol. The largest absolute Gasteiger partial charge is 0.370 e. The Morgan fingerprint density at radius 2 is 2.40 bits per heavy atom. The number of hydrogen-bond acceptors (Lipinski definition) is 3. The molecule has 0 radical (unpaired) electrons. The second-order valence-corrected chi connectivity index (χ2v) is 4.75. The SMILES string of the molecule is C=CCN=C(N)NC(=S)NCCCc1ncccc1Cl. The van der Waals surface area contributed by atoms with Gasteiger partial charge in [-0.25, -0.2) is 4.99 Å². The molecule has 0 amide bonds. The zero-order valence-electron chi connectivity index (χ0n) is 11.1. The summed E-state index contributed by atoms with van der Waals surface area (Å²) in [6.45, 7) is 4.71. The van der Waals surface area contributed by atoms with E-state index in [0.717, 1.165) is 18.5 Å². The Bertz CT molecular complexity index is 489. The molecule has 4 N–H and O–H groups in total. The van der Waals surface area contributed by atoms with Crippen molar-refractivity contribution in [3.05, 3.63) is 41.7 Å². The lowest BCUT2D eigenvalue weighted by atomic mass is 10.2.